The van der Waals surface area contributed by atoms with Crippen LogP contribution in [0.4, 0.5) is 13.2 Å². The average molecular weight is 417 g/mol. The van der Waals surface area contributed by atoms with E-state index in [9.17, 15) is 18.0 Å². The Labute approximate surface area is 165 Å². The van der Waals surface area contributed by atoms with Crippen LogP contribution < -0.4 is 0 Å². The Balaban J connectivity index is 1.93. The second-order valence-corrected chi connectivity index (χ2v) is 7.51. The van der Waals surface area contributed by atoms with Crippen molar-refractivity contribution in [1.82, 2.24) is 0 Å². The fourth-order valence-electron chi connectivity index (χ4n) is 3.86. The van der Waals surface area contributed by atoms with Crippen molar-refractivity contribution >= 4 is 17.6 Å². The molecule has 6 nitrogen and oxygen atoms in total. The van der Waals surface area contributed by atoms with E-state index in [1.54, 1.807) is 0 Å². The molecule has 0 aromatic heterocycles. The number of carbonyl (C=O) groups is 1. The number of benzene rings is 1. The van der Waals surface area contributed by atoms with Crippen LogP contribution in [0.2, 0.25) is 5.02 Å². The predicted octanol–water partition coefficient (Wildman–Crippen LogP) is 6.12. The minimum Gasteiger partial charge on any atom is -0.469 e. The van der Waals surface area contributed by atoms with E-state index in [0.29, 0.717) is 17.9 Å². The summed E-state index contributed by atoms with van der Waals surface area (Å²) in [6.07, 6.45) is 1.18. The van der Waals surface area contributed by atoms with Crippen molar-refractivity contribution in [2.45, 2.75) is 56.3 Å². The minimum absolute atomic E-state index is 0.202. The quantitative estimate of drug-likeness (QED) is 0.542. The second kappa shape index (κ2) is 8.14. The van der Waals surface area contributed by atoms with Crippen LogP contribution in [-0.2, 0) is 15.2 Å². The van der Waals surface area contributed by atoms with E-state index in [0.717, 1.165) is 25.7 Å². The van der Waals surface area contributed by atoms with Crippen LogP contribution in [-0.4, -0.2) is 19.3 Å². The van der Waals surface area contributed by atoms with Gasteiger partial charge in [0.1, 0.15) is 0 Å². The van der Waals surface area contributed by atoms with Crippen LogP contribution in [0, 0.1) is 5.92 Å². The summed E-state index contributed by atoms with van der Waals surface area (Å²) in [4.78, 5) is 12.3. The van der Waals surface area contributed by atoms with Crippen molar-refractivity contribution in [1.29, 1.82) is 0 Å². The molecule has 0 bridgehead atoms. The molecule has 10 heteroatoms. The molecule has 1 aliphatic carbocycles. The SMILES string of the molecule is COC(=O)C(CC1CCCCC1)c1ccc(C2(C(F)(F)F)N=NN=N2)c(Cl)c1. The monoisotopic (exact) mass is 416 g/mol. The minimum atomic E-state index is -4.86. The number of alkyl halides is 3. The van der Waals surface area contributed by atoms with Gasteiger partial charge >= 0.3 is 17.8 Å². The number of nitrogens with zero attached hydrogens (tertiary/aromatic N) is 4. The highest BCUT2D eigenvalue weighted by molar-refractivity contribution is 6.31. The first-order valence-corrected chi connectivity index (χ1v) is 9.45. The largest absolute Gasteiger partial charge is 0.469 e. The van der Waals surface area contributed by atoms with E-state index in [1.165, 1.54) is 31.7 Å². The molecule has 0 spiro atoms. The third kappa shape index (κ3) is 3.90. The average Bonchev–Trinajstić information content (AvgIpc) is 3.17. The lowest BCUT2D eigenvalue weighted by Gasteiger charge is -2.27. The fraction of sp³-hybridized carbons (Fsp3) is 0.611. The van der Waals surface area contributed by atoms with Crippen LogP contribution in [0.5, 0.6) is 0 Å². The molecule has 1 aliphatic heterocycles. The maximum atomic E-state index is 13.6. The first-order chi connectivity index (χ1) is 13.3. The highest BCUT2D eigenvalue weighted by atomic mass is 35.5. The van der Waals surface area contributed by atoms with Crippen LogP contribution in [0.15, 0.2) is 38.9 Å². The molecule has 1 aromatic rings. The molecule has 152 valence electrons. The third-order valence-corrected chi connectivity index (χ3v) is 5.68. The lowest BCUT2D eigenvalue weighted by atomic mass is 9.80. The smallest absolute Gasteiger partial charge is 0.442 e. The summed E-state index contributed by atoms with van der Waals surface area (Å²) in [5, 5.41) is 12.2. The van der Waals surface area contributed by atoms with Gasteiger partial charge in [-0.1, -0.05) is 55.8 Å². The number of hydrogen-bond donors (Lipinski definition) is 0. The van der Waals surface area contributed by atoms with Gasteiger partial charge in [0.25, 0.3) is 0 Å². The molecular formula is C18H20ClF3N4O2. The lowest BCUT2D eigenvalue weighted by Crippen LogP contribution is -2.37. The molecule has 28 heavy (non-hydrogen) atoms. The molecule has 0 N–H and O–H groups in total. The topological polar surface area (TPSA) is 75.7 Å². The number of methoxy groups -OCH3 is 1. The van der Waals surface area contributed by atoms with E-state index in [4.69, 9.17) is 16.3 Å². The Morgan fingerprint density at radius 2 is 1.89 bits per heavy atom. The van der Waals surface area contributed by atoms with Gasteiger partial charge in [0.15, 0.2) is 0 Å². The van der Waals surface area contributed by atoms with E-state index < -0.39 is 23.7 Å². The maximum absolute atomic E-state index is 13.6. The second-order valence-electron chi connectivity index (χ2n) is 7.10. The number of esters is 1. The van der Waals surface area contributed by atoms with Crippen LogP contribution in [0.3, 0.4) is 0 Å². The van der Waals surface area contributed by atoms with Gasteiger partial charge < -0.3 is 4.74 Å². The number of halogens is 4. The van der Waals surface area contributed by atoms with Crippen LogP contribution in [0.1, 0.15) is 55.6 Å². The number of ether oxygens (including phenoxy) is 1. The van der Waals surface area contributed by atoms with Crippen molar-refractivity contribution in [3.05, 3.63) is 34.3 Å². The number of hydrogen-bond acceptors (Lipinski definition) is 6. The molecule has 1 fully saturated rings. The summed E-state index contributed by atoms with van der Waals surface area (Å²) in [5.74, 6) is -0.649. The van der Waals surface area contributed by atoms with Crippen molar-refractivity contribution in [2.75, 3.05) is 7.11 Å². The van der Waals surface area contributed by atoms with Gasteiger partial charge in [-0.15, -0.1) is 10.2 Å². The van der Waals surface area contributed by atoms with Crippen molar-refractivity contribution in [3.8, 4) is 0 Å². The molecule has 0 amide bonds. The van der Waals surface area contributed by atoms with E-state index >= 15 is 0 Å². The summed E-state index contributed by atoms with van der Waals surface area (Å²) in [6, 6.07) is 3.99. The molecule has 0 radical (unpaired) electrons. The Kier molecular flexibility index (Phi) is 6.02. The van der Waals surface area contributed by atoms with E-state index in [-0.39, 0.29) is 10.6 Å². The molecule has 2 aliphatic rings. The maximum Gasteiger partial charge on any atom is 0.442 e. The normalized spacial score (nSPS) is 20.3. The van der Waals surface area contributed by atoms with Crippen LogP contribution in [0.25, 0.3) is 0 Å². The standard InChI is InChI=1S/C18H20ClF3N4O2/c1-28-16(27)13(9-11-5-3-2-4-6-11)12-7-8-14(15(19)10-12)17(18(20,21)22)23-25-26-24-17/h7-8,10-11,13H,2-6,9H2,1H3. The Morgan fingerprint density at radius 1 is 1.25 bits per heavy atom. The fourth-order valence-corrected chi connectivity index (χ4v) is 4.18. The molecule has 1 unspecified atom stereocenters. The molecule has 1 heterocycles. The van der Waals surface area contributed by atoms with Gasteiger partial charge in [0.2, 0.25) is 0 Å². The van der Waals surface area contributed by atoms with E-state index in [2.05, 4.69) is 20.7 Å². The Bertz CT molecular complexity index is 780. The summed E-state index contributed by atoms with van der Waals surface area (Å²) < 4.78 is 45.7. The van der Waals surface area contributed by atoms with Gasteiger partial charge in [-0.3, -0.25) is 4.79 Å². The molecule has 0 saturated heterocycles. The zero-order valence-corrected chi connectivity index (χ0v) is 16.0. The first kappa shape index (κ1) is 20.7. The Morgan fingerprint density at radius 3 is 2.43 bits per heavy atom. The molecule has 1 atom stereocenters. The summed E-state index contributed by atoms with van der Waals surface area (Å²) >= 11 is 6.18. The number of carbonyl (C=O) groups excluding carboxylic acids is 1. The van der Waals surface area contributed by atoms with Crippen molar-refractivity contribution in [3.63, 3.8) is 0 Å². The Hall–Kier alpha value is -2.03. The van der Waals surface area contributed by atoms with Gasteiger partial charge in [-0.25, -0.2) is 0 Å². The predicted molar refractivity (Wildman–Crippen MR) is 94.8 cm³/mol. The summed E-state index contributed by atoms with van der Waals surface area (Å²) in [7, 11) is 1.30. The molecule has 1 saturated carbocycles. The molecule has 3 rings (SSSR count). The first-order valence-electron chi connectivity index (χ1n) is 9.07. The summed E-state index contributed by atoms with van der Waals surface area (Å²) in [6.45, 7) is 0. The summed E-state index contributed by atoms with van der Waals surface area (Å²) in [5.41, 5.74) is -2.82. The van der Waals surface area contributed by atoms with Crippen molar-refractivity contribution < 1.29 is 22.7 Å². The highest BCUT2D eigenvalue weighted by Gasteiger charge is 2.61. The van der Waals surface area contributed by atoms with Crippen molar-refractivity contribution in [2.24, 2.45) is 26.6 Å². The zero-order valence-electron chi connectivity index (χ0n) is 15.2. The zero-order chi connectivity index (χ0) is 20.4. The van der Waals surface area contributed by atoms with Gasteiger partial charge in [0, 0.05) is 10.6 Å². The third-order valence-electron chi connectivity index (χ3n) is 5.36. The molecular weight excluding hydrogens is 397 g/mol. The van der Waals surface area contributed by atoms with Gasteiger partial charge in [0.05, 0.1) is 13.0 Å². The highest BCUT2D eigenvalue weighted by Crippen LogP contribution is 2.49. The van der Waals surface area contributed by atoms with Gasteiger partial charge in [-0.05, 0) is 34.4 Å². The number of rotatable bonds is 5. The van der Waals surface area contributed by atoms with Crippen LogP contribution >= 0.6 is 11.6 Å². The molecule has 1 aromatic carbocycles. The van der Waals surface area contributed by atoms with E-state index in [1.807, 2.05) is 0 Å². The lowest BCUT2D eigenvalue weighted by molar-refractivity contribution is -0.187. The van der Waals surface area contributed by atoms with Gasteiger partial charge in [-0.2, -0.15) is 13.2 Å².